The lowest BCUT2D eigenvalue weighted by Gasteiger charge is -2.28. The monoisotopic (exact) mass is 364 g/mol. The van der Waals surface area contributed by atoms with Crippen LogP contribution in [-0.2, 0) is 33.7 Å². The number of methoxy groups -OCH3 is 1. The van der Waals surface area contributed by atoms with Crippen LogP contribution >= 0.6 is 0 Å². The van der Waals surface area contributed by atoms with Crippen LogP contribution in [0.4, 0.5) is 4.79 Å². The van der Waals surface area contributed by atoms with Gasteiger partial charge in [0.15, 0.2) is 0 Å². The summed E-state index contributed by atoms with van der Waals surface area (Å²) in [6, 6.07) is 15.2. The standard InChI is InChI=1S/C21H20N2O4/c1-27-20(25)18(11-14-7-3-2-4-8-14)23-19(24)17-12-15-9-5-6-10-16(15)13-22(17)21(23)26/h2-10,17-18H,11-13H2,1H3/t17-,18+/m0/s1. The van der Waals surface area contributed by atoms with E-state index < -0.39 is 24.1 Å². The third kappa shape index (κ3) is 2.97. The van der Waals surface area contributed by atoms with E-state index in [9.17, 15) is 14.4 Å². The van der Waals surface area contributed by atoms with Gasteiger partial charge in [-0.15, -0.1) is 0 Å². The molecule has 2 heterocycles. The number of ether oxygens (including phenoxy) is 1. The number of carbonyl (C=O) groups is 3. The van der Waals surface area contributed by atoms with Crippen molar-refractivity contribution in [3.05, 3.63) is 71.3 Å². The molecule has 4 rings (SSSR count). The number of urea groups is 1. The number of carbonyl (C=O) groups excluding carboxylic acids is 3. The smallest absolute Gasteiger partial charge is 0.329 e. The average Bonchev–Trinajstić information content (AvgIpc) is 2.94. The molecular formula is C21H20N2O4. The first-order valence-electron chi connectivity index (χ1n) is 8.92. The van der Waals surface area contributed by atoms with Crippen LogP contribution in [0.25, 0.3) is 0 Å². The van der Waals surface area contributed by atoms with Gasteiger partial charge < -0.3 is 9.64 Å². The van der Waals surface area contributed by atoms with Crippen LogP contribution in [0, 0.1) is 0 Å². The fourth-order valence-electron chi connectivity index (χ4n) is 3.88. The molecule has 0 spiro atoms. The van der Waals surface area contributed by atoms with Crippen molar-refractivity contribution in [2.24, 2.45) is 0 Å². The van der Waals surface area contributed by atoms with Gasteiger partial charge in [-0.05, 0) is 16.7 Å². The zero-order valence-electron chi connectivity index (χ0n) is 15.0. The van der Waals surface area contributed by atoms with Crippen LogP contribution in [0.5, 0.6) is 0 Å². The Kier molecular flexibility index (Phi) is 4.39. The molecule has 2 aliphatic heterocycles. The third-order valence-corrected chi connectivity index (χ3v) is 5.28. The normalized spacial score (nSPS) is 19.5. The van der Waals surface area contributed by atoms with Crippen molar-refractivity contribution < 1.29 is 19.1 Å². The van der Waals surface area contributed by atoms with Crippen molar-refractivity contribution in [1.82, 2.24) is 9.80 Å². The molecule has 0 unspecified atom stereocenters. The lowest BCUT2D eigenvalue weighted by atomic mass is 9.94. The molecular weight excluding hydrogens is 344 g/mol. The van der Waals surface area contributed by atoms with E-state index in [4.69, 9.17) is 4.74 Å². The predicted molar refractivity (Wildman–Crippen MR) is 97.7 cm³/mol. The van der Waals surface area contributed by atoms with E-state index in [1.807, 2.05) is 54.6 Å². The highest BCUT2D eigenvalue weighted by Crippen LogP contribution is 2.31. The molecule has 27 heavy (non-hydrogen) atoms. The van der Waals surface area contributed by atoms with Gasteiger partial charge in [0.1, 0.15) is 12.1 Å². The molecule has 2 aromatic carbocycles. The van der Waals surface area contributed by atoms with Gasteiger partial charge in [-0.3, -0.25) is 4.79 Å². The number of fused-ring (bicyclic) bond motifs is 2. The molecule has 0 bridgehead atoms. The van der Waals surface area contributed by atoms with Gasteiger partial charge in [0, 0.05) is 19.4 Å². The summed E-state index contributed by atoms with van der Waals surface area (Å²) >= 11 is 0. The Morgan fingerprint density at radius 1 is 1.07 bits per heavy atom. The van der Waals surface area contributed by atoms with Crippen molar-refractivity contribution in [3.63, 3.8) is 0 Å². The largest absolute Gasteiger partial charge is 0.467 e. The van der Waals surface area contributed by atoms with Crippen molar-refractivity contribution in [2.45, 2.75) is 31.5 Å². The molecule has 0 radical (unpaired) electrons. The summed E-state index contributed by atoms with van der Waals surface area (Å²) in [5, 5.41) is 0. The van der Waals surface area contributed by atoms with E-state index in [-0.39, 0.29) is 12.3 Å². The maximum atomic E-state index is 13.1. The van der Waals surface area contributed by atoms with E-state index in [0.717, 1.165) is 21.6 Å². The quantitative estimate of drug-likeness (QED) is 0.616. The second-order valence-electron chi connectivity index (χ2n) is 6.84. The van der Waals surface area contributed by atoms with E-state index in [0.29, 0.717) is 13.0 Å². The number of esters is 1. The minimum absolute atomic E-state index is 0.235. The minimum Gasteiger partial charge on any atom is -0.467 e. The average molecular weight is 364 g/mol. The SMILES string of the molecule is COC(=O)[C@@H](Cc1ccccc1)N1C(=O)[C@@H]2Cc3ccccc3CN2C1=O. The molecule has 0 saturated carbocycles. The van der Waals surface area contributed by atoms with Crippen molar-refractivity contribution in [1.29, 1.82) is 0 Å². The van der Waals surface area contributed by atoms with Gasteiger partial charge in [-0.1, -0.05) is 54.6 Å². The van der Waals surface area contributed by atoms with Crippen molar-refractivity contribution in [2.75, 3.05) is 7.11 Å². The van der Waals surface area contributed by atoms with Gasteiger partial charge in [-0.2, -0.15) is 0 Å². The Labute approximate surface area is 157 Å². The number of imide groups is 1. The number of rotatable bonds is 4. The molecule has 138 valence electrons. The summed E-state index contributed by atoms with van der Waals surface area (Å²) in [7, 11) is 1.27. The maximum absolute atomic E-state index is 13.1. The van der Waals surface area contributed by atoms with Crippen LogP contribution in [0.15, 0.2) is 54.6 Å². The zero-order valence-corrected chi connectivity index (χ0v) is 15.0. The van der Waals surface area contributed by atoms with Crippen LogP contribution in [0.3, 0.4) is 0 Å². The number of benzene rings is 2. The molecule has 6 nitrogen and oxygen atoms in total. The summed E-state index contributed by atoms with van der Waals surface area (Å²) in [6.07, 6.45) is 0.703. The number of amides is 3. The number of nitrogens with zero attached hydrogens (tertiary/aromatic N) is 2. The Morgan fingerprint density at radius 3 is 2.44 bits per heavy atom. The highest BCUT2D eigenvalue weighted by molar-refractivity contribution is 6.07. The number of hydrogen-bond acceptors (Lipinski definition) is 4. The maximum Gasteiger partial charge on any atom is 0.329 e. The number of hydrogen-bond donors (Lipinski definition) is 0. The molecule has 2 aromatic rings. The molecule has 2 atom stereocenters. The molecule has 1 fully saturated rings. The highest BCUT2D eigenvalue weighted by atomic mass is 16.5. The lowest BCUT2D eigenvalue weighted by Crippen LogP contribution is -2.47. The Hall–Kier alpha value is -3.15. The van der Waals surface area contributed by atoms with Gasteiger partial charge >= 0.3 is 12.0 Å². The topological polar surface area (TPSA) is 66.9 Å². The molecule has 1 saturated heterocycles. The van der Waals surface area contributed by atoms with E-state index in [2.05, 4.69) is 0 Å². The molecule has 0 aromatic heterocycles. The van der Waals surface area contributed by atoms with Crippen LogP contribution in [0.1, 0.15) is 16.7 Å². The first kappa shape index (κ1) is 17.3. The molecule has 0 aliphatic carbocycles. The summed E-state index contributed by atoms with van der Waals surface area (Å²) in [5.41, 5.74) is 2.97. The Morgan fingerprint density at radius 2 is 1.74 bits per heavy atom. The molecule has 6 heteroatoms. The lowest BCUT2D eigenvalue weighted by molar-refractivity contribution is -0.149. The first-order valence-corrected chi connectivity index (χ1v) is 8.92. The first-order chi connectivity index (χ1) is 13.1. The summed E-state index contributed by atoms with van der Waals surface area (Å²) < 4.78 is 4.91. The highest BCUT2D eigenvalue weighted by Gasteiger charge is 2.51. The molecule has 0 N–H and O–H groups in total. The van der Waals surface area contributed by atoms with Crippen LogP contribution in [-0.4, -0.2) is 46.9 Å². The fraction of sp³-hybridized carbons (Fsp3) is 0.286. The van der Waals surface area contributed by atoms with Gasteiger partial charge in [-0.25, -0.2) is 14.5 Å². The van der Waals surface area contributed by atoms with Gasteiger partial charge in [0.05, 0.1) is 7.11 Å². The van der Waals surface area contributed by atoms with Crippen molar-refractivity contribution in [3.8, 4) is 0 Å². The van der Waals surface area contributed by atoms with Gasteiger partial charge in [0.25, 0.3) is 5.91 Å². The molecule has 2 aliphatic rings. The van der Waals surface area contributed by atoms with Crippen LogP contribution < -0.4 is 0 Å². The minimum atomic E-state index is -0.967. The summed E-state index contributed by atoms with van der Waals surface area (Å²) in [4.78, 5) is 41.2. The summed E-state index contributed by atoms with van der Waals surface area (Å²) in [5.74, 6) is -0.918. The molecule has 3 amide bonds. The van der Waals surface area contributed by atoms with E-state index >= 15 is 0 Å². The van der Waals surface area contributed by atoms with Gasteiger partial charge in [0.2, 0.25) is 0 Å². The van der Waals surface area contributed by atoms with Crippen molar-refractivity contribution >= 4 is 17.9 Å². The van der Waals surface area contributed by atoms with E-state index in [1.54, 1.807) is 4.90 Å². The summed E-state index contributed by atoms with van der Waals surface area (Å²) in [6.45, 7) is 0.376. The van der Waals surface area contributed by atoms with E-state index in [1.165, 1.54) is 7.11 Å². The third-order valence-electron chi connectivity index (χ3n) is 5.28. The predicted octanol–water partition coefficient (Wildman–Crippen LogP) is 2.16. The second-order valence-corrected chi connectivity index (χ2v) is 6.84. The fourth-order valence-corrected chi connectivity index (χ4v) is 3.88. The Balaban J connectivity index is 1.65. The zero-order chi connectivity index (χ0) is 19.0. The second kappa shape index (κ2) is 6.87. The Bertz CT molecular complexity index is 853. The van der Waals surface area contributed by atoms with Crippen LogP contribution in [0.2, 0.25) is 0 Å².